The second-order valence-corrected chi connectivity index (χ2v) is 4.32. The number of aromatic nitrogens is 2. The van der Waals surface area contributed by atoms with Gasteiger partial charge in [0.15, 0.2) is 0 Å². The molecule has 0 unspecified atom stereocenters. The van der Waals surface area contributed by atoms with E-state index in [9.17, 15) is 0 Å². The van der Waals surface area contributed by atoms with Gasteiger partial charge in [0.1, 0.15) is 5.82 Å². The highest BCUT2D eigenvalue weighted by Crippen LogP contribution is 2.16. The van der Waals surface area contributed by atoms with Crippen molar-refractivity contribution in [2.75, 3.05) is 31.6 Å². The van der Waals surface area contributed by atoms with Crippen LogP contribution >= 0.6 is 0 Å². The van der Waals surface area contributed by atoms with Crippen LogP contribution in [0.25, 0.3) is 0 Å². The minimum atomic E-state index is 0.515. The largest absolute Gasteiger partial charge is 0.350 e. The first kappa shape index (κ1) is 10.4. The molecule has 0 aromatic carbocycles. The SMILES string of the molecule is Cc1cnc(N2CCN(C)C[C@H]2C)cn1. The number of hydrogen-bond acceptors (Lipinski definition) is 4. The lowest BCUT2D eigenvalue weighted by atomic mass is 10.2. The van der Waals surface area contributed by atoms with Crippen molar-refractivity contribution in [3.05, 3.63) is 18.1 Å². The number of anilines is 1. The van der Waals surface area contributed by atoms with E-state index in [0.717, 1.165) is 31.1 Å². The molecule has 2 rings (SSSR count). The van der Waals surface area contributed by atoms with Gasteiger partial charge in [-0.3, -0.25) is 4.98 Å². The predicted octanol–water partition coefficient (Wildman–Crippen LogP) is 0.925. The van der Waals surface area contributed by atoms with Gasteiger partial charge in [-0.1, -0.05) is 0 Å². The summed E-state index contributed by atoms with van der Waals surface area (Å²) in [5.41, 5.74) is 0.973. The summed E-state index contributed by atoms with van der Waals surface area (Å²) in [7, 11) is 2.16. The van der Waals surface area contributed by atoms with E-state index in [1.807, 2.05) is 19.3 Å². The van der Waals surface area contributed by atoms with Crippen molar-refractivity contribution >= 4 is 5.82 Å². The summed E-state index contributed by atoms with van der Waals surface area (Å²) in [5.74, 6) is 1.00. The molecular formula is C11H18N4. The molecule has 1 aliphatic heterocycles. The van der Waals surface area contributed by atoms with E-state index in [1.54, 1.807) is 0 Å². The second kappa shape index (κ2) is 4.14. The minimum Gasteiger partial charge on any atom is -0.350 e. The molecule has 1 fully saturated rings. The van der Waals surface area contributed by atoms with E-state index in [-0.39, 0.29) is 0 Å². The van der Waals surface area contributed by atoms with Gasteiger partial charge >= 0.3 is 0 Å². The van der Waals surface area contributed by atoms with Gasteiger partial charge < -0.3 is 9.80 Å². The second-order valence-electron chi connectivity index (χ2n) is 4.32. The van der Waals surface area contributed by atoms with Crippen LogP contribution in [-0.4, -0.2) is 47.6 Å². The van der Waals surface area contributed by atoms with Gasteiger partial charge in [0, 0.05) is 25.7 Å². The number of likely N-dealkylation sites (N-methyl/N-ethyl adjacent to an activating group) is 1. The van der Waals surface area contributed by atoms with Crippen LogP contribution in [0.15, 0.2) is 12.4 Å². The van der Waals surface area contributed by atoms with Crippen LogP contribution in [0, 0.1) is 6.92 Å². The predicted molar refractivity (Wildman–Crippen MR) is 61.1 cm³/mol. The van der Waals surface area contributed by atoms with Crippen molar-refractivity contribution in [1.82, 2.24) is 14.9 Å². The Kier molecular flexibility index (Phi) is 2.86. The van der Waals surface area contributed by atoms with Gasteiger partial charge in [-0.2, -0.15) is 0 Å². The summed E-state index contributed by atoms with van der Waals surface area (Å²) in [4.78, 5) is 13.4. The van der Waals surface area contributed by atoms with E-state index in [1.165, 1.54) is 0 Å². The molecule has 15 heavy (non-hydrogen) atoms. The Morgan fingerprint density at radius 1 is 1.27 bits per heavy atom. The molecule has 0 N–H and O–H groups in total. The Morgan fingerprint density at radius 3 is 2.67 bits per heavy atom. The zero-order chi connectivity index (χ0) is 10.8. The van der Waals surface area contributed by atoms with Gasteiger partial charge in [0.2, 0.25) is 0 Å². The fourth-order valence-corrected chi connectivity index (χ4v) is 2.01. The summed E-state index contributed by atoms with van der Waals surface area (Å²) in [6, 6.07) is 0.515. The summed E-state index contributed by atoms with van der Waals surface area (Å²) < 4.78 is 0. The lowest BCUT2D eigenvalue weighted by Gasteiger charge is -2.38. The molecule has 1 atom stereocenters. The molecule has 1 aliphatic rings. The van der Waals surface area contributed by atoms with Crippen LogP contribution in [0.3, 0.4) is 0 Å². The monoisotopic (exact) mass is 206 g/mol. The number of aryl methyl sites for hydroxylation is 1. The third-order valence-corrected chi connectivity index (χ3v) is 2.89. The van der Waals surface area contributed by atoms with E-state index in [2.05, 4.69) is 33.7 Å². The summed E-state index contributed by atoms with van der Waals surface area (Å²) in [6.45, 7) is 7.42. The van der Waals surface area contributed by atoms with Gasteiger partial charge in [-0.25, -0.2) is 4.98 Å². The molecule has 0 spiro atoms. The average Bonchev–Trinajstić information content (AvgIpc) is 2.20. The van der Waals surface area contributed by atoms with Crippen LogP contribution < -0.4 is 4.90 Å². The topological polar surface area (TPSA) is 32.3 Å². The number of nitrogens with zero attached hydrogens (tertiary/aromatic N) is 4. The first-order chi connectivity index (χ1) is 7.16. The molecule has 1 saturated heterocycles. The van der Waals surface area contributed by atoms with Crippen molar-refractivity contribution in [1.29, 1.82) is 0 Å². The fraction of sp³-hybridized carbons (Fsp3) is 0.636. The van der Waals surface area contributed by atoms with Crippen LogP contribution in [0.1, 0.15) is 12.6 Å². The quantitative estimate of drug-likeness (QED) is 0.684. The van der Waals surface area contributed by atoms with Crippen molar-refractivity contribution in [3.63, 3.8) is 0 Å². The van der Waals surface area contributed by atoms with E-state index >= 15 is 0 Å². The van der Waals surface area contributed by atoms with Crippen molar-refractivity contribution in [3.8, 4) is 0 Å². The molecule has 2 heterocycles. The maximum Gasteiger partial charge on any atom is 0.147 e. The number of rotatable bonds is 1. The van der Waals surface area contributed by atoms with Gasteiger partial charge in [-0.05, 0) is 20.9 Å². The van der Waals surface area contributed by atoms with Crippen LogP contribution in [0.4, 0.5) is 5.82 Å². The van der Waals surface area contributed by atoms with E-state index in [0.29, 0.717) is 6.04 Å². The van der Waals surface area contributed by atoms with E-state index < -0.39 is 0 Å². The molecule has 0 aliphatic carbocycles. The zero-order valence-corrected chi connectivity index (χ0v) is 9.64. The first-order valence-electron chi connectivity index (χ1n) is 5.40. The Labute approximate surface area is 90.9 Å². The van der Waals surface area contributed by atoms with Crippen LogP contribution in [0.5, 0.6) is 0 Å². The van der Waals surface area contributed by atoms with Crippen molar-refractivity contribution in [2.24, 2.45) is 0 Å². The highest BCUT2D eigenvalue weighted by Gasteiger charge is 2.22. The Bertz CT molecular complexity index is 322. The standard InChI is InChI=1S/C11H18N4/c1-9-6-13-11(7-12-9)15-5-4-14(3)8-10(15)2/h6-7,10H,4-5,8H2,1-3H3/t10-/m1/s1. The first-order valence-corrected chi connectivity index (χ1v) is 5.40. The summed E-state index contributed by atoms with van der Waals surface area (Å²) in [5, 5.41) is 0. The third-order valence-electron chi connectivity index (χ3n) is 2.89. The normalized spacial score (nSPS) is 23.1. The number of hydrogen-bond donors (Lipinski definition) is 0. The number of piperazine rings is 1. The highest BCUT2D eigenvalue weighted by molar-refractivity contribution is 5.38. The van der Waals surface area contributed by atoms with E-state index in [4.69, 9.17) is 0 Å². The lowest BCUT2D eigenvalue weighted by molar-refractivity contribution is 0.274. The minimum absolute atomic E-state index is 0.515. The molecule has 0 amide bonds. The summed E-state index contributed by atoms with van der Waals surface area (Å²) >= 11 is 0. The van der Waals surface area contributed by atoms with Gasteiger partial charge in [-0.15, -0.1) is 0 Å². The zero-order valence-electron chi connectivity index (χ0n) is 9.64. The molecule has 1 aromatic heterocycles. The van der Waals surface area contributed by atoms with Gasteiger partial charge in [0.25, 0.3) is 0 Å². The third kappa shape index (κ3) is 2.26. The van der Waals surface area contributed by atoms with Gasteiger partial charge in [0.05, 0.1) is 18.1 Å². The smallest absolute Gasteiger partial charge is 0.147 e. The fourth-order valence-electron chi connectivity index (χ4n) is 2.01. The average molecular weight is 206 g/mol. The molecule has 0 radical (unpaired) electrons. The van der Waals surface area contributed by atoms with Crippen molar-refractivity contribution < 1.29 is 0 Å². The molecular weight excluding hydrogens is 188 g/mol. The summed E-state index contributed by atoms with van der Waals surface area (Å²) in [6.07, 6.45) is 3.71. The Morgan fingerprint density at radius 2 is 2.07 bits per heavy atom. The molecule has 1 aromatic rings. The van der Waals surface area contributed by atoms with Crippen LogP contribution in [-0.2, 0) is 0 Å². The Hall–Kier alpha value is -1.16. The molecule has 4 heteroatoms. The maximum atomic E-state index is 4.42. The highest BCUT2D eigenvalue weighted by atomic mass is 15.3. The molecule has 4 nitrogen and oxygen atoms in total. The maximum absolute atomic E-state index is 4.42. The molecule has 82 valence electrons. The Balaban J connectivity index is 2.13. The van der Waals surface area contributed by atoms with Crippen LogP contribution in [0.2, 0.25) is 0 Å². The van der Waals surface area contributed by atoms with Crippen molar-refractivity contribution in [2.45, 2.75) is 19.9 Å². The lowest BCUT2D eigenvalue weighted by Crippen LogP contribution is -2.50. The molecule has 0 saturated carbocycles. The molecule has 0 bridgehead atoms.